The van der Waals surface area contributed by atoms with Crippen molar-refractivity contribution in [3.8, 4) is 0 Å². The molecule has 0 saturated carbocycles. The largest absolute Gasteiger partial charge is 0.383 e. The van der Waals surface area contributed by atoms with E-state index in [9.17, 15) is 0 Å². The summed E-state index contributed by atoms with van der Waals surface area (Å²) >= 11 is 0. The summed E-state index contributed by atoms with van der Waals surface area (Å²) in [5.41, 5.74) is 6.92. The van der Waals surface area contributed by atoms with Crippen LogP contribution < -0.4 is 11.1 Å². The molecule has 2 heterocycles. The Morgan fingerprint density at radius 3 is 2.93 bits per heavy atom. The Balaban J connectivity index is 1.99. The fourth-order valence-corrected chi connectivity index (χ4v) is 1.69. The van der Waals surface area contributed by atoms with Crippen LogP contribution in [0.5, 0.6) is 0 Å². The molecule has 1 aromatic rings. The number of anilines is 1. The van der Waals surface area contributed by atoms with Gasteiger partial charge in [-0.2, -0.15) is 0 Å². The molecular weight excluding hydrogens is 176 g/mol. The van der Waals surface area contributed by atoms with Gasteiger partial charge in [-0.05, 0) is 6.07 Å². The number of pyridine rings is 1. The summed E-state index contributed by atoms with van der Waals surface area (Å²) in [6, 6.07) is 3.98. The Morgan fingerprint density at radius 2 is 2.21 bits per heavy atom. The molecule has 14 heavy (non-hydrogen) atoms. The van der Waals surface area contributed by atoms with Crippen LogP contribution in [0.15, 0.2) is 18.3 Å². The second-order valence-corrected chi connectivity index (χ2v) is 3.57. The number of nitrogens with one attached hydrogen (secondary N) is 1. The Bertz CT molecular complexity index is 294. The summed E-state index contributed by atoms with van der Waals surface area (Å²) in [4.78, 5) is 6.47. The average molecular weight is 192 g/mol. The third kappa shape index (κ3) is 2.21. The molecule has 1 aromatic heterocycles. The molecular formula is C10H16N4. The Kier molecular flexibility index (Phi) is 2.96. The molecule has 1 fully saturated rings. The molecule has 0 unspecified atom stereocenters. The minimum atomic E-state index is 0.658. The van der Waals surface area contributed by atoms with Crippen LogP contribution >= 0.6 is 0 Å². The first-order chi connectivity index (χ1) is 6.86. The van der Waals surface area contributed by atoms with Gasteiger partial charge in [-0.25, -0.2) is 4.98 Å². The molecule has 0 aliphatic carbocycles. The van der Waals surface area contributed by atoms with E-state index in [1.807, 2.05) is 12.1 Å². The van der Waals surface area contributed by atoms with E-state index in [1.165, 1.54) is 0 Å². The zero-order valence-electron chi connectivity index (χ0n) is 8.24. The van der Waals surface area contributed by atoms with Gasteiger partial charge in [0.2, 0.25) is 0 Å². The van der Waals surface area contributed by atoms with E-state index < -0.39 is 0 Å². The van der Waals surface area contributed by atoms with Crippen LogP contribution in [-0.2, 0) is 6.54 Å². The van der Waals surface area contributed by atoms with Gasteiger partial charge >= 0.3 is 0 Å². The molecule has 0 spiro atoms. The van der Waals surface area contributed by atoms with E-state index in [1.54, 1.807) is 6.20 Å². The molecule has 0 radical (unpaired) electrons. The Morgan fingerprint density at radius 1 is 1.43 bits per heavy atom. The van der Waals surface area contributed by atoms with Crippen LogP contribution in [0.3, 0.4) is 0 Å². The zero-order chi connectivity index (χ0) is 9.80. The monoisotopic (exact) mass is 192 g/mol. The lowest BCUT2D eigenvalue weighted by molar-refractivity contribution is 0.233. The summed E-state index contributed by atoms with van der Waals surface area (Å²) in [5.74, 6) is 0.658. The maximum Gasteiger partial charge on any atom is 0.127 e. The van der Waals surface area contributed by atoms with E-state index in [0.29, 0.717) is 5.82 Å². The lowest BCUT2D eigenvalue weighted by Crippen LogP contribution is -2.43. The fourth-order valence-electron chi connectivity index (χ4n) is 1.69. The molecule has 0 atom stereocenters. The van der Waals surface area contributed by atoms with Gasteiger partial charge in [-0.15, -0.1) is 0 Å². The van der Waals surface area contributed by atoms with Crippen LogP contribution in [0.1, 0.15) is 5.56 Å². The van der Waals surface area contributed by atoms with Gasteiger partial charge < -0.3 is 11.1 Å². The first kappa shape index (κ1) is 9.43. The number of nitrogen functional groups attached to an aromatic ring is 1. The van der Waals surface area contributed by atoms with Crippen LogP contribution in [0.25, 0.3) is 0 Å². The maximum absolute atomic E-state index is 5.78. The summed E-state index contributed by atoms with van der Waals surface area (Å²) in [5, 5.41) is 3.33. The number of piperazine rings is 1. The van der Waals surface area contributed by atoms with Crippen molar-refractivity contribution in [2.75, 3.05) is 31.9 Å². The van der Waals surface area contributed by atoms with Crippen molar-refractivity contribution in [1.29, 1.82) is 0 Å². The minimum Gasteiger partial charge on any atom is -0.383 e. The van der Waals surface area contributed by atoms with E-state index in [4.69, 9.17) is 5.73 Å². The van der Waals surface area contributed by atoms with Crippen molar-refractivity contribution in [1.82, 2.24) is 15.2 Å². The molecule has 1 aliphatic rings. The van der Waals surface area contributed by atoms with Gasteiger partial charge in [-0.3, -0.25) is 4.90 Å². The third-order valence-corrected chi connectivity index (χ3v) is 2.53. The smallest absolute Gasteiger partial charge is 0.127 e. The molecule has 0 aromatic carbocycles. The summed E-state index contributed by atoms with van der Waals surface area (Å²) in [7, 11) is 0. The standard InChI is InChI=1S/C10H16N4/c11-10-9(2-1-3-13-10)8-14-6-4-12-5-7-14/h1-3,12H,4-8H2,(H2,11,13). The number of nitrogens with two attached hydrogens (primary N) is 1. The number of rotatable bonds is 2. The highest BCUT2D eigenvalue weighted by molar-refractivity contribution is 5.38. The van der Waals surface area contributed by atoms with Crippen LogP contribution in [0.2, 0.25) is 0 Å². The maximum atomic E-state index is 5.78. The molecule has 4 heteroatoms. The molecule has 3 N–H and O–H groups in total. The predicted octanol–water partition coefficient (Wildman–Crippen LogP) is 0.0690. The summed E-state index contributed by atoms with van der Waals surface area (Å²) < 4.78 is 0. The van der Waals surface area contributed by atoms with E-state index in [2.05, 4.69) is 15.2 Å². The number of hydrogen-bond donors (Lipinski definition) is 2. The van der Waals surface area contributed by atoms with Crippen molar-refractivity contribution >= 4 is 5.82 Å². The zero-order valence-corrected chi connectivity index (χ0v) is 8.24. The van der Waals surface area contributed by atoms with Gasteiger partial charge in [0, 0.05) is 44.5 Å². The third-order valence-electron chi connectivity index (χ3n) is 2.53. The van der Waals surface area contributed by atoms with E-state index in [-0.39, 0.29) is 0 Å². The molecule has 2 rings (SSSR count). The van der Waals surface area contributed by atoms with Crippen molar-refractivity contribution < 1.29 is 0 Å². The SMILES string of the molecule is Nc1ncccc1CN1CCNCC1. The normalized spacial score (nSPS) is 18.3. The van der Waals surface area contributed by atoms with Gasteiger partial charge in [0.05, 0.1) is 0 Å². The first-order valence-electron chi connectivity index (χ1n) is 4.99. The second-order valence-electron chi connectivity index (χ2n) is 3.57. The highest BCUT2D eigenvalue weighted by Gasteiger charge is 2.10. The van der Waals surface area contributed by atoms with Crippen molar-refractivity contribution in [2.24, 2.45) is 0 Å². The van der Waals surface area contributed by atoms with Crippen LogP contribution in [0, 0.1) is 0 Å². The van der Waals surface area contributed by atoms with Crippen molar-refractivity contribution in [2.45, 2.75) is 6.54 Å². The lowest BCUT2D eigenvalue weighted by Gasteiger charge is -2.27. The molecule has 4 nitrogen and oxygen atoms in total. The minimum absolute atomic E-state index is 0.658. The second kappa shape index (κ2) is 4.39. The fraction of sp³-hybridized carbons (Fsp3) is 0.500. The van der Waals surface area contributed by atoms with Gasteiger partial charge in [0.1, 0.15) is 5.82 Å². The molecule has 0 amide bonds. The Labute approximate surface area is 84.1 Å². The molecule has 76 valence electrons. The van der Waals surface area contributed by atoms with Crippen molar-refractivity contribution in [3.05, 3.63) is 23.9 Å². The van der Waals surface area contributed by atoms with E-state index in [0.717, 1.165) is 38.3 Å². The highest BCUT2D eigenvalue weighted by Crippen LogP contribution is 2.10. The molecule has 1 aliphatic heterocycles. The topological polar surface area (TPSA) is 54.2 Å². The predicted molar refractivity (Wildman–Crippen MR) is 56.8 cm³/mol. The van der Waals surface area contributed by atoms with Gasteiger partial charge in [0.25, 0.3) is 0 Å². The number of nitrogens with zero attached hydrogens (tertiary/aromatic N) is 2. The molecule has 0 bridgehead atoms. The average Bonchev–Trinajstić information content (AvgIpc) is 2.23. The highest BCUT2D eigenvalue weighted by atomic mass is 15.2. The van der Waals surface area contributed by atoms with Crippen LogP contribution in [-0.4, -0.2) is 36.1 Å². The van der Waals surface area contributed by atoms with E-state index >= 15 is 0 Å². The van der Waals surface area contributed by atoms with Crippen molar-refractivity contribution in [3.63, 3.8) is 0 Å². The first-order valence-corrected chi connectivity index (χ1v) is 4.99. The van der Waals surface area contributed by atoms with Crippen LogP contribution in [0.4, 0.5) is 5.82 Å². The summed E-state index contributed by atoms with van der Waals surface area (Å²) in [6.07, 6.45) is 1.73. The van der Waals surface area contributed by atoms with Gasteiger partial charge in [0.15, 0.2) is 0 Å². The summed E-state index contributed by atoms with van der Waals surface area (Å²) in [6.45, 7) is 5.24. The number of hydrogen-bond acceptors (Lipinski definition) is 4. The lowest BCUT2D eigenvalue weighted by atomic mass is 10.2. The molecule has 1 saturated heterocycles. The number of aromatic nitrogens is 1. The van der Waals surface area contributed by atoms with Gasteiger partial charge in [-0.1, -0.05) is 6.07 Å². The quantitative estimate of drug-likeness (QED) is 0.696. The Hall–Kier alpha value is -1.13.